The number of phenols is 1. The zero-order valence-corrected chi connectivity index (χ0v) is 10.9. The van der Waals surface area contributed by atoms with Crippen LogP contribution in [0.3, 0.4) is 0 Å². The van der Waals surface area contributed by atoms with Crippen LogP contribution < -0.4 is 5.73 Å². The zero-order valence-electron chi connectivity index (χ0n) is 10.9. The number of hydrogen-bond donors (Lipinski definition) is 2. The molecule has 5 nitrogen and oxygen atoms in total. The molecule has 3 N–H and O–H groups in total. The van der Waals surface area contributed by atoms with Gasteiger partial charge in [-0.05, 0) is 31.0 Å². The van der Waals surface area contributed by atoms with Gasteiger partial charge in [-0.3, -0.25) is 9.69 Å². The van der Waals surface area contributed by atoms with Crippen LogP contribution in [0.15, 0.2) is 18.2 Å². The highest BCUT2D eigenvalue weighted by atomic mass is 16.3. The van der Waals surface area contributed by atoms with Crippen molar-refractivity contribution in [1.82, 2.24) is 9.80 Å². The quantitative estimate of drug-likeness (QED) is 0.613. The number of benzene rings is 1. The highest BCUT2D eigenvalue weighted by Gasteiger charge is 2.32. The van der Waals surface area contributed by atoms with E-state index in [1.807, 2.05) is 4.90 Å². The number of anilines is 1. The minimum absolute atomic E-state index is 0.0779. The minimum Gasteiger partial charge on any atom is -0.508 e. The number of nitrogens with two attached hydrogens (primary N) is 1. The summed E-state index contributed by atoms with van der Waals surface area (Å²) in [5, 5.41) is 9.47. The van der Waals surface area contributed by atoms with Gasteiger partial charge in [-0.15, -0.1) is 0 Å². The molecule has 0 radical (unpaired) electrons. The molecule has 102 valence electrons. The van der Waals surface area contributed by atoms with Crippen LogP contribution >= 0.6 is 0 Å². The summed E-state index contributed by atoms with van der Waals surface area (Å²) in [4.78, 5) is 16.7. The molecule has 0 aromatic heterocycles. The number of carbonyl (C=O) groups excluding carboxylic acids is 1. The molecule has 1 saturated heterocycles. The zero-order chi connectivity index (χ0) is 13.4. The molecule has 0 unspecified atom stereocenters. The van der Waals surface area contributed by atoms with Crippen molar-refractivity contribution in [2.45, 2.75) is 18.9 Å². The summed E-state index contributed by atoms with van der Waals surface area (Å²) in [5.74, 6) is -0.00184. The first-order chi connectivity index (χ1) is 9.15. The van der Waals surface area contributed by atoms with Crippen LogP contribution in [0, 0.1) is 0 Å². The van der Waals surface area contributed by atoms with Gasteiger partial charge in [-0.1, -0.05) is 0 Å². The number of amides is 1. The lowest BCUT2D eigenvalue weighted by molar-refractivity contribution is 0.0628. The highest BCUT2D eigenvalue weighted by Crippen LogP contribution is 2.28. The Morgan fingerprint density at radius 2 is 1.89 bits per heavy atom. The van der Waals surface area contributed by atoms with Gasteiger partial charge < -0.3 is 15.7 Å². The summed E-state index contributed by atoms with van der Waals surface area (Å²) in [6, 6.07) is 5.27. The molecular formula is C14H19N3O2. The lowest BCUT2D eigenvalue weighted by Crippen LogP contribution is -2.49. The second kappa shape index (κ2) is 4.74. The normalized spacial score (nSPS) is 20.5. The Morgan fingerprint density at radius 1 is 1.21 bits per heavy atom. The van der Waals surface area contributed by atoms with E-state index in [0.717, 1.165) is 32.2 Å². The van der Waals surface area contributed by atoms with Gasteiger partial charge in [-0.2, -0.15) is 0 Å². The third-order valence-electron chi connectivity index (χ3n) is 3.93. The molecule has 1 aliphatic carbocycles. The summed E-state index contributed by atoms with van der Waals surface area (Å²) >= 11 is 0. The first kappa shape index (κ1) is 12.3. The molecule has 1 aromatic carbocycles. The van der Waals surface area contributed by atoms with Gasteiger partial charge in [-0.25, -0.2) is 0 Å². The third-order valence-corrected chi connectivity index (χ3v) is 3.93. The number of aromatic hydroxyl groups is 1. The van der Waals surface area contributed by atoms with Crippen molar-refractivity contribution < 1.29 is 9.90 Å². The summed E-state index contributed by atoms with van der Waals surface area (Å²) in [6.45, 7) is 3.36. The first-order valence-electron chi connectivity index (χ1n) is 6.77. The Morgan fingerprint density at radius 3 is 2.53 bits per heavy atom. The Balaban J connectivity index is 1.68. The molecule has 2 aliphatic rings. The molecule has 1 aromatic rings. The summed E-state index contributed by atoms with van der Waals surface area (Å²) in [7, 11) is 0. The lowest BCUT2D eigenvalue weighted by Gasteiger charge is -2.35. The molecule has 0 bridgehead atoms. The molecule has 1 heterocycles. The van der Waals surface area contributed by atoms with Crippen LogP contribution in [0.1, 0.15) is 23.2 Å². The Labute approximate surface area is 112 Å². The average molecular weight is 261 g/mol. The maximum atomic E-state index is 12.4. The SMILES string of the molecule is Nc1ccc(O)cc1C(=O)N1CCN(C2CC2)CC1. The second-order valence-electron chi connectivity index (χ2n) is 5.33. The number of phenolic OH excluding ortho intramolecular Hbond substituents is 1. The van der Waals surface area contributed by atoms with E-state index >= 15 is 0 Å². The third kappa shape index (κ3) is 2.51. The highest BCUT2D eigenvalue weighted by molar-refractivity contribution is 5.99. The smallest absolute Gasteiger partial charge is 0.256 e. The van der Waals surface area contributed by atoms with Gasteiger partial charge >= 0.3 is 0 Å². The number of rotatable bonds is 2. The number of hydrogen-bond acceptors (Lipinski definition) is 4. The van der Waals surface area contributed by atoms with Gasteiger partial charge in [0.05, 0.1) is 5.56 Å². The average Bonchev–Trinajstić information content (AvgIpc) is 3.25. The van der Waals surface area contributed by atoms with E-state index in [4.69, 9.17) is 5.73 Å². The molecule has 5 heteroatoms. The molecule has 1 aliphatic heterocycles. The second-order valence-corrected chi connectivity index (χ2v) is 5.33. The van der Waals surface area contributed by atoms with Crippen LogP contribution in [0.2, 0.25) is 0 Å². The first-order valence-corrected chi connectivity index (χ1v) is 6.77. The monoisotopic (exact) mass is 261 g/mol. The molecule has 1 amide bonds. The summed E-state index contributed by atoms with van der Waals surface area (Å²) in [5.41, 5.74) is 6.64. The van der Waals surface area contributed by atoms with E-state index < -0.39 is 0 Å². The van der Waals surface area contributed by atoms with Gasteiger partial charge in [0.1, 0.15) is 5.75 Å². The van der Waals surface area contributed by atoms with Crippen molar-refractivity contribution >= 4 is 11.6 Å². The van der Waals surface area contributed by atoms with Gasteiger partial charge in [0, 0.05) is 37.9 Å². The van der Waals surface area contributed by atoms with E-state index in [1.54, 1.807) is 6.07 Å². The fraction of sp³-hybridized carbons (Fsp3) is 0.500. The summed E-state index contributed by atoms with van der Waals surface area (Å²) in [6.07, 6.45) is 2.60. The predicted molar refractivity (Wildman–Crippen MR) is 73.0 cm³/mol. The van der Waals surface area contributed by atoms with Crippen molar-refractivity contribution in [3.05, 3.63) is 23.8 Å². The topological polar surface area (TPSA) is 69.8 Å². The Kier molecular flexibility index (Phi) is 3.06. The van der Waals surface area contributed by atoms with Crippen molar-refractivity contribution in [2.75, 3.05) is 31.9 Å². The van der Waals surface area contributed by atoms with E-state index in [0.29, 0.717) is 11.3 Å². The minimum atomic E-state index is -0.0798. The Bertz CT molecular complexity index is 491. The fourth-order valence-electron chi connectivity index (χ4n) is 2.63. The molecule has 19 heavy (non-hydrogen) atoms. The lowest BCUT2D eigenvalue weighted by atomic mass is 10.1. The number of nitrogens with zero attached hydrogens (tertiary/aromatic N) is 2. The van der Waals surface area contributed by atoms with Crippen molar-refractivity contribution in [2.24, 2.45) is 0 Å². The van der Waals surface area contributed by atoms with Gasteiger partial charge in [0.2, 0.25) is 0 Å². The van der Waals surface area contributed by atoms with Crippen molar-refractivity contribution in [3.63, 3.8) is 0 Å². The molecule has 3 rings (SSSR count). The molecular weight excluding hydrogens is 242 g/mol. The van der Waals surface area contributed by atoms with Crippen molar-refractivity contribution in [1.29, 1.82) is 0 Å². The maximum Gasteiger partial charge on any atom is 0.256 e. The predicted octanol–water partition coefficient (Wildman–Crippen LogP) is 0.895. The number of carbonyl (C=O) groups is 1. The maximum absolute atomic E-state index is 12.4. The standard InChI is InChI=1S/C14H19N3O2/c15-13-4-3-11(18)9-12(13)14(19)17-7-5-16(6-8-17)10-1-2-10/h3-4,9-10,18H,1-2,5-8,15H2. The van der Waals surface area contributed by atoms with Crippen LogP contribution in [0.5, 0.6) is 5.75 Å². The van der Waals surface area contributed by atoms with Crippen LogP contribution in [-0.2, 0) is 0 Å². The van der Waals surface area contributed by atoms with E-state index in [9.17, 15) is 9.90 Å². The molecule has 1 saturated carbocycles. The van der Waals surface area contributed by atoms with Crippen LogP contribution in [-0.4, -0.2) is 53.0 Å². The van der Waals surface area contributed by atoms with E-state index in [1.165, 1.54) is 25.0 Å². The molecule has 0 spiro atoms. The van der Waals surface area contributed by atoms with E-state index in [2.05, 4.69) is 4.90 Å². The number of nitrogen functional groups attached to an aromatic ring is 1. The Hall–Kier alpha value is -1.75. The van der Waals surface area contributed by atoms with E-state index in [-0.39, 0.29) is 11.7 Å². The van der Waals surface area contributed by atoms with Crippen LogP contribution in [0.4, 0.5) is 5.69 Å². The number of piperazine rings is 1. The fourth-order valence-corrected chi connectivity index (χ4v) is 2.63. The van der Waals surface area contributed by atoms with Crippen molar-refractivity contribution in [3.8, 4) is 5.75 Å². The van der Waals surface area contributed by atoms with Crippen LogP contribution in [0.25, 0.3) is 0 Å². The molecule has 2 fully saturated rings. The largest absolute Gasteiger partial charge is 0.508 e. The van der Waals surface area contributed by atoms with Gasteiger partial charge in [0.15, 0.2) is 0 Å². The summed E-state index contributed by atoms with van der Waals surface area (Å²) < 4.78 is 0. The molecule has 0 atom stereocenters. The van der Waals surface area contributed by atoms with Gasteiger partial charge in [0.25, 0.3) is 5.91 Å².